The van der Waals surface area contributed by atoms with E-state index in [9.17, 15) is 18.0 Å². The third-order valence-corrected chi connectivity index (χ3v) is 5.13. The lowest BCUT2D eigenvalue weighted by atomic mass is 10.2. The quantitative estimate of drug-likeness (QED) is 0.803. The van der Waals surface area contributed by atoms with Gasteiger partial charge in [0, 0.05) is 25.7 Å². The van der Waals surface area contributed by atoms with Crippen molar-refractivity contribution in [2.75, 3.05) is 18.9 Å². The second-order valence-corrected chi connectivity index (χ2v) is 6.91. The summed E-state index contributed by atoms with van der Waals surface area (Å²) in [7, 11) is -2.26. The summed E-state index contributed by atoms with van der Waals surface area (Å²) < 4.78 is 25.9. The van der Waals surface area contributed by atoms with Crippen molar-refractivity contribution < 1.29 is 23.1 Å². The van der Waals surface area contributed by atoms with Gasteiger partial charge in [0.15, 0.2) is 0 Å². The lowest BCUT2D eigenvalue weighted by Gasteiger charge is -2.17. The van der Waals surface area contributed by atoms with Gasteiger partial charge in [0.25, 0.3) is 0 Å². The highest BCUT2D eigenvalue weighted by molar-refractivity contribution is 7.89. The van der Waals surface area contributed by atoms with E-state index in [-0.39, 0.29) is 36.6 Å². The van der Waals surface area contributed by atoms with Crippen molar-refractivity contribution in [2.45, 2.75) is 24.2 Å². The Morgan fingerprint density at radius 3 is 2.81 bits per heavy atom. The van der Waals surface area contributed by atoms with Crippen LogP contribution in [0.2, 0.25) is 0 Å². The highest BCUT2D eigenvalue weighted by Crippen LogP contribution is 2.27. The average Bonchev–Trinajstić information content (AvgIpc) is 2.76. The number of amides is 1. The van der Waals surface area contributed by atoms with Gasteiger partial charge in [-0.2, -0.15) is 0 Å². The highest BCUT2D eigenvalue weighted by Gasteiger charge is 2.24. The van der Waals surface area contributed by atoms with Gasteiger partial charge in [-0.25, -0.2) is 12.7 Å². The minimum absolute atomic E-state index is 0.0809. The summed E-state index contributed by atoms with van der Waals surface area (Å²) in [4.78, 5) is 21.8. The Morgan fingerprint density at radius 1 is 1.43 bits per heavy atom. The first-order valence-electron chi connectivity index (χ1n) is 6.41. The molecule has 2 N–H and O–H groups in total. The summed E-state index contributed by atoms with van der Waals surface area (Å²) >= 11 is 0. The van der Waals surface area contributed by atoms with E-state index in [4.69, 9.17) is 5.11 Å². The Labute approximate surface area is 122 Å². The molecule has 0 spiro atoms. The van der Waals surface area contributed by atoms with Crippen LogP contribution in [-0.4, -0.2) is 43.3 Å². The Bertz CT molecular complexity index is 684. The first kappa shape index (κ1) is 15.5. The smallest absolute Gasteiger partial charge is 0.303 e. The largest absolute Gasteiger partial charge is 0.481 e. The van der Waals surface area contributed by atoms with E-state index in [0.717, 1.165) is 4.31 Å². The van der Waals surface area contributed by atoms with Crippen LogP contribution in [-0.2, 0) is 26.0 Å². The number of nitrogens with one attached hydrogen (secondary N) is 1. The zero-order chi connectivity index (χ0) is 15.6. The fraction of sp³-hybridized carbons (Fsp3) is 0.385. The van der Waals surface area contributed by atoms with Crippen molar-refractivity contribution in [3.05, 3.63) is 23.8 Å². The number of sulfonamides is 1. The Hall–Kier alpha value is -1.93. The monoisotopic (exact) mass is 312 g/mol. The number of anilines is 1. The van der Waals surface area contributed by atoms with Gasteiger partial charge >= 0.3 is 5.97 Å². The fourth-order valence-corrected chi connectivity index (χ4v) is 3.38. The number of carboxylic acids is 1. The summed E-state index contributed by atoms with van der Waals surface area (Å²) in [5.74, 6) is -1.11. The van der Waals surface area contributed by atoms with Gasteiger partial charge < -0.3 is 10.4 Å². The maximum atomic E-state index is 12.4. The summed E-state index contributed by atoms with van der Waals surface area (Å²) in [5, 5.41) is 11.2. The van der Waals surface area contributed by atoms with Gasteiger partial charge in [0.05, 0.1) is 11.3 Å². The van der Waals surface area contributed by atoms with Gasteiger partial charge in [0.1, 0.15) is 0 Å². The molecule has 1 heterocycles. The van der Waals surface area contributed by atoms with E-state index in [1.54, 1.807) is 6.07 Å². The van der Waals surface area contributed by atoms with Crippen molar-refractivity contribution in [1.29, 1.82) is 0 Å². The highest BCUT2D eigenvalue weighted by atomic mass is 32.2. The topological polar surface area (TPSA) is 104 Å². The zero-order valence-electron chi connectivity index (χ0n) is 11.5. The number of benzene rings is 1. The molecule has 7 nitrogen and oxygen atoms in total. The maximum Gasteiger partial charge on any atom is 0.303 e. The van der Waals surface area contributed by atoms with Crippen LogP contribution >= 0.6 is 0 Å². The molecule has 2 rings (SSSR count). The van der Waals surface area contributed by atoms with Gasteiger partial charge in [-0.05, 0) is 30.2 Å². The number of aliphatic carboxylic acids is 1. The van der Waals surface area contributed by atoms with E-state index in [2.05, 4.69) is 5.32 Å². The molecule has 0 atom stereocenters. The normalized spacial score (nSPS) is 14.1. The van der Waals surface area contributed by atoms with Crippen molar-refractivity contribution in [3.63, 3.8) is 0 Å². The number of hydrogen-bond acceptors (Lipinski definition) is 4. The van der Waals surface area contributed by atoms with Crippen LogP contribution in [0.15, 0.2) is 23.1 Å². The first-order chi connectivity index (χ1) is 9.80. The number of carbonyl (C=O) groups excluding carboxylic acids is 1. The zero-order valence-corrected chi connectivity index (χ0v) is 12.3. The average molecular weight is 312 g/mol. The summed E-state index contributed by atoms with van der Waals surface area (Å²) in [6.45, 7) is 0.128. The van der Waals surface area contributed by atoms with E-state index >= 15 is 0 Å². The number of fused-ring (bicyclic) bond motifs is 1. The molecule has 1 aromatic rings. The van der Waals surface area contributed by atoms with Crippen molar-refractivity contribution in [3.8, 4) is 0 Å². The molecule has 0 saturated heterocycles. The lowest BCUT2D eigenvalue weighted by molar-refractivity contribution is -0.137. The second kappa shape index (κ2) is 5.82. The molecule has 0 saturated carbocycles. The molecule has 0 unspecified atom stereocenters. The number of carboxylic acid groups (broad SMARTS) is 1. The summed E-state index contributed by atoms with van der Waals surface area (Å²) in [6, 6.07) is 4.49. The lowest BCUT2D eigenvalue weighted by Crippen LogP contribution is -2.28. The molecule has 0 aromatic heterocycles. The molecule has 21 heavy (non-hydrogen) atoms. The molecule has 114 valence electrons. The van der Waals surface area contributed by atoms with Crippen molar-refractivity contribution >= 4 is 27.6 Å². The third-order valence-electron chi connectivity index (χ3n) is 3.27. The van der Waals surface area contributed by atoms with Crippen LogP contribution < -0.4 is 5.32 Å². The Kier molecular flexibility index (Phi) is 4.29. The predicted octanol–water partition coefficient (Wildman–Crippen LogP) is 0.666. The molecular weight excluding hydrogens is 296 g/mol. The molecule has 1 aliphatic heterocycles. The van der Waals surface area contributed by atoms with Crippen LogP contribution in [0.25, 0.3) is 0 Å². The molecule has 0 bridgehead atoms. The second-order valence-electron chi connectivity index (χ2n) is 4.87. The van der Waals surface area contributed by atoms with E-state index in [0.29, 0.717) is 11.3 Å². The van der Waals surface area contributed by atoms with Crippen molar-refractivity contribution in [2.24, 2.45) is 0 Å². The van der Waals surface area contributed by atoms with Crippen LogP contribution in [0.4, 0.5) is 5.69 Å². The van der Waals surface area contributed by atoms with E-state index in [1.165, 1.54) is 19.2 Å². The number of rotatable bonds is 6. The standard InChI is InChI=1S/C13H16N2O5S/c1-15(6-2-3-13(17)18)21(19,20)10-4-5-11-9(7-10)8-12(16)14-11/h4-5,7H,2-3,6,8H2,1H3,(H,14,16)(H,17,18). The Morgan fingerprint density at radius 2 is 2.14 bits per heavy atom. The van der Waals surface area contributed by atoms with E-state index < -0.39 is 16.0 Å². The maximum absolute atomic E-state index is 12.4. The first-order valence-corrected chi connectivity index (χ1v) is 7.85. The number of nitrogens with zero attached hydrogens (tertiary/aromatic N) is 1. The van der Waals surface area contributed by atoms with Gasteiger partial charge in [0.2, 0.25) is 15.9 Å². The fourth-order valence-electron chi connectivity index (χ4n) is 2.12. The Balaban J connectivity index is 2.14. The summed E-state index contributed by atoms with van der Waals surface area (Å²) in [6.07, 6.45) is 0.333. The number of hydrogen-bond donors (Lipinski definition) is 2. The van der Waals surface area contributed by atoms with Crippen LogP contribution in [0.3, 0.4) is 0 Å². The predicted molar refractivity (Wildman–Crippen MR) is 75.5 cm³/mol. The van der Waals surface area contributed by atoms with Crippen LogP contribution in [0, 0.1) is 0 Å². The van der Waals surface area contributed by atoms with Crippen molar-refractivity contribution in [1.82, 2.24) is 4.31 Å². The minimum atomic E-state index is -3.67. The van der Waals surface area contributed by atoms with Gasteiger partial charge in [-0.3, -0.25) is 9.59 Å². The molecule has 1 amide bonds. The number of carbonyl (C=O) groups is 2. The molecule has 0 radical (unpaired) electrons. The molecule has 0 aliphatic carbocycles. The molecular formula is C13H16N2O5S. The molecule has 8 heteroatoms. The molecule has 1 aliphatic rings. The van der Waals surface area contributed by atoms with Crippen LogP contribution in [0.1, 0.15) is 18.4 Å². The van der Waals surface area contributed by atoms with Gasteiger partial charge in [-0.1, -0.05) is 0 Å². The van der Waals surface area contributed by atoms with Gasteiger partial charge in [-0.15, -0.1) is 0 Å². The molecule has 0 fully saturated rings. The third kappa shape index (κ3) is 3.40. The molecule has 1 aromatic carbocycles. The summed E-state index contributed by atoms with van der Waals surface area (Å²) in [5.41, 5.74) is 1.28. The SMILES string of the molecule is CN(CCCC(=O)O)S(=O)(=O)c1ccc2c(c1)CC(=O)N2. The van der Waals surface area contributed by atoms with Crippen LogP contribution in [0.5, 0.6) is 0 Å². The van der Waals surface area contributed by atoms with E-state index in [1.807, 2.05) is 0 Å². The minimum Gasteiger partial charge on any atom is -0.481 e.